The summed E-state index contributed by atoms with van der Waals surface area (Å²) in [5, 5.41) is 3.92. The van der Waals surface area contributed by atoms with E-state index in [4.69, 9.17) is 4.79 Å². The van der Waals surface area contributed by atoms with Gasteiger partial charge in [-0.2, -0.15) is 0 Å². The average Bonchev–Trinajstić information content (AvgIpc) is 3.41. The number of hydrogen-bond donors (Lipinski definition) is 2. The summed E-state index contributed by atoms with van der Waals surface area (Å²) in [6.07, 6.45) is 4.23. The third kappa shape index (κ3) is 4.40. The van der Waals surface area contributed by atoms with Crippen molar-refractivity contribution in [1.29, 1.82) is 0 Å². The molecule has 4 rings (SSSR count). The normalized spacial score (nSPS) is 33.0. The number of benzene rings is 1. The molecule has 3 aliphatic rings. The largest absolute Gasteiger partial charge is 0.372 e. The van der Waals surface area contributed by atoms with Gasteiger partial charge in [0, 0.05) is 49.7 Å². The summed E-state index contributed by atoms with van der Waals surface area (Å²) in [6.45, 7) is 6.19. The van der Waals surface area contributed by atoms with Gasteiger partial charge in [0.1, 0.15) is 0 Å². The van der Waals surface area contributed by atoms with Gasteiger partial charge in [-0.15, -0.1) is 0 Å². The van der Waals surface area contributed by atoms with E-state index < -0.39 is 0 Å². The van der Waals surface area contributed by atoms with Gasteiger partial charge in [0.15, 0.2) is 0 Å². The first kappa shape index (κ1) is 18.4. The van der Waals surface area contributed by atoms with Crippen molar-refractivity contribution in [3.05, 3.63) is 35.9 Å². The molecule has 3 fully saturated rings. The number of nitrogens with two attached hydrogens (primary N) is 1. The number of nitrogens with zero attached hydrogens (tertiary/aromatic N) is 2. The van der Waals surface area contributed by atoms with Crippen molar-refractivity contribution in [3.63, 3.8) is 0 Å². The Kier molecular flexibility index (Phi) is 6.10. The maximum atomic E-state index is 8.58. The molecule has 1 aromatic carbocycles. The van der Waals surface area contributed by atoms with Crippen LogP contribution >= 0.6 is 0 Å². The highest BCUT2D eigenvalue weighted by molar-refractivity contribution is 5.42. The van der Waals surface area contributed by atoms with E-state index in [1.54, 1.807) is 0 Å². The zero-order chi connectivity index (χ0) is 17.8. The van der Waals surface area contributed by atoms with Crippen LogP contribution in [0.15, 0.2) is 30.3 Å². The lowest BCUT2D eigenvalue weighted by Crippen LogP contribution is -2.65. The van der Waals surface area contributed by atoms with E-state index in [1.807, 2.05) is 0 Å². The molecule has 1 aromatic rings. The first-order chi connectivity index (χ1) is 12.1. The van der Waals surface area contributed by atoms with Crippen LogP contribution in [0.25, 0.3) is 0 Å². The van der Waals surface area contributed by atoms with Gasteiger partial charge in [-0.3, -0.25) is 9.69 Å². The molecule has 1 amide bonds. The fraction of sp³-hybridized carbons (Fsp3) is 0.650. The standard InChI is InChI=1S/C19H29N3.CH3NO/c1-14-19(13-21(14)2)22-10-8-16(9-11-22)20-18-12-17(18)15-6-4-3-5-7-15;2-1-3/h3-7,14,16-20H,8-13H2,1-2H3;1H,(H2,2,3)/t14?,17-,18+,19?;/m0./s1. The third-order valence-corrected chi connectivity index (χ3v) is 6.19. The second kappa shape index (κ2) is 8.30. The smallest absolute Gasteiger partial charge is 0.204 e. The maximum absolute atomic E-state index is 8.58. The zero-order valence-electron chi connectivity index (χ0n) is 15.5. The van der Waals surface area contributed by atoms with Crippen molar-refractivity contribution in [2.75, 3.05) is 26.7 Å². The highest BCUT2D eigenvalue weighted by Crippen LogP contribution is 2.41. The Morgan fingerprint density at radius 2 is 1.84 bits per heavy atom. The van der Waals surface area contributed by atoms with E-state index >= 15 is 0 Å². The molecule has 2 aliphatic heterocycles. The topological polar surface area (TPSA) is 61.6 Å². The van der Waals surface area contributed by atoms with Crippen molar-refractivity contribution in [2.24, 2.45) is 5.73 Å². The highest BCUT2D eigenvalue weighted by atomic mass is 16.1. The Morgan fingerprint density at radius 1 is 1.20 bits per heavy atom. The average molecular weight is 345 g/mol. The van der Waals surface area contributed by atoms with Crippen LogP contribution in [-0.4, -0.2) is 67.1 Å². The SMILES string of the molecule is CC1C(N2CCC(N[C@@H]3C[C@H]3c3ccccc3)CC2)CN1C.NC=O. The van der Waals surface area contributed by atoms with Crippen LogP contribution in [-0.2, 0) is 4.79 Å². The fourth-order valence-corrected chi connectivity index (χ4v) is 4.34. The number of piperidine rings is 1. The predicted octanol–water partition coefficient (Wildman–Crippen LogP) is 1.40. The van der Waals surface area contributed by atoms with Gasteiger partial charge in [0.25, 0.3) is 0 Å². The molecule has 138 valence electrons. The molecular weight excluding hydrogens is 312 g/mol. The molecule has 0 bridgehead atoms. The molecule has 3 N–H and O–H groups in total. The van der Waals surface area contributed by atoms with Crippen LogP contribution < -0.4 is 11.1 Å². The molecule has 0 radical (unpaired) electrons. The van der Waals surface area contributed by atoms with E-state index in [0.717, 1.165) is 30.1 Å². The van der Waals surface area contributed by atoms with Gasteiger partial charge < -0.3 is 16.0 Å². The van der Waals surface area contributed by atoms with Crippen LogP contribution in [0.3, 0.4) is 0 Å². The van der Waals surface area contributed by atoms with Gasteiger partial charge in [-0.25, -0.2) is 0 Å². The molecule has 5 nitrogen and oxygen atoms in total. The van der Waals surface area contributed by atoms with Gasteiger partial charge in [0.2, 0.25) is 6.41 Å². The molecule has 2 heterocycles. The molecule has 1 saturated carbocycles. The Balaban J connectivity index is 0.000000569. The van der Waals surface area contributed by atoms with E-state index in [1.165, 1.54) is 44.5 Å². The lowest BCUT2D eigenvalue weighted by atomic mass is 9.94. The number of hydrogen-bond acceptors (Lipinski definition) is 4. The Bertz CT molecular complexity index is 544. The summed E-state index contributed by atoms with van der Waals surface area (Å²) in [5.41, 5.74) is 5.68. The highest BCUT2D eigenvalue weighted by Gasteiger charge is 2.41. The van der Waals surface area contributed by atoms with Gasteiger partial charge in [-0.1, -0.05) is 30.3 Å². The van der Waals surface area contributed by atoms with Gasteiger partial charge >= 0.3 is 0 Å². The maximum Gasteiger partial charge on any atom is 0.204 e. The third-order valence-electron chi connectivity index (χ3n) is 6.19. The van der Waals surface area contributed by atoms with E-state index in [9.17, 15) is 0 Å². The lowest BCUT2D eigenvalue weighted by molar-refractivity contribution is -0.106. The minimum Gasteiger partial charge on any atom is -0.372 e. The second-order valence-electron chi connectivity index (χ2n) is 7.72. The van der Waals surface area contributed by atoms with Crippen molar-refractivity contribution < 1.29 is 4.79 Å². The van der Waals surface area contributed by atoms with Crippen molar-refractivity contribution in [1.82, 2.24) is 15.1 Å². The van der Waals surface area contributed by atoms with Gasteiger partial charge in [0.05, 0.1) is 0 Å². The monoisotopic (exact) mass is 344 g/mol. The minimum absolute atomic E-state index is 0.250. The number of primary amides is 1. The summed E-state index contributed by atoms with van der Waals surface area (Å²) in [6, 6.07) is 14.0. The molecule has 0 spiro atoms. The first-order valence-electron chi connectivity index (χ1n) is 9.54. The van der Waals surface area contributed by atoms with Crippen molar-refractivity contribution >= 4 is 6.41 Å². The molecule has 2 saturated heterocycles. The Labute approximate surface area is 151 Å². The molecular formula is C20H32N4O. The van der Waals surface area contributed by atoms with Crippen molar-refractivity contribution in [3.8, 4) is 0 Å². The molecule has 4 atom stereocenters. The second-order valence-corrected chi connectivity index (χ2v) is 7.72. The molecule has 2 unspecified atom stereocenters. The molecule has 0 aromatic heterocycles. The number of carbonyl (C=O) groups excluding carboxylic acids is 1. The number of amides is 1. The number of likely N-dealkylation sites (N-methyl/N-ethyl adjacent to an activating group) is 1. The number of rotatable bonds is 4. The number of nitrogens with one attached hydrogen (secondary N) is 1. The van der Waals surface area contributed by atoms with Crippen LogP contribution in [0.5, 0.6) is 0 Å². The van der Waals surface area contributed by atoms with Crippen LogP contribution in [0.4, 0.5) is 0 Å². The quantitative estimate of drug-likeness (QED) is 0.811. The summed E-state index contributed by atoms with van der Waals surface area (Å²) in [5.74, 6) is 0.763. The van der Waals surface area contributed by atoms with E-state index in [-0.39, 0.29) is 6.41 Å². The lowest BCUT2D eigenvalue weighted by Gasteiger charge is -2.51. The molecule has 1 aliphatic carbocycles. The van der Waals surface area contributed by atoms with Crippen LogP contribution in [0.1, 0.15) is 37.7 Å². The van der Waals surface area contributed by atoms with E-state index in [0.29, 0.717) is 0 Å². The Morgan fingerprint density at radius 3 is 2.40 bits per heavy atom. The van der Waals surface area contributed by atoms with E-state index in [2.05, 4.69) is 65.2 Å². The van der Waals surface area contributed by atoms with Crippen LogP contribution in [0, 0.1) is 0 Å². The fourth-order valence-electron chi connectivity index (χ4n) is 4.34. The molecule has 5 heteroatoms. The summed E-state index contributed by atoms with van der Waals surface area (Å²) in [7, 11) is 2.24. The zero-order valence-corrected chi connectivity index (χ0v) is 15.5. The van der Waals surface area contributed by atoms with Gasteiger partial charge in [-0.05, 0) is 38.8 Å². The first-order valence-corrected chi connectivity index (χ1v) is 9.54. The number of likely N-dealkylation sites (tertiary alicyclic amines) is 2. The Hall–Kier alpha value is -1.43. The predicted molar refractivity (Wildman–Crippen MR) is 101 cm³/mol. The summed E-state index contributed by atoms with van der Waals surface area (Å²) < 4.78 is 0. The molecule has 25 heavy (non-hydrogen) atoms. The van der Waals surface area contributed by atoms with Crippen LogP contribution in [0.2, 0.25) is 0 Å². The summed E-state index contributed by atoms with van der Waals surface area (Å²) >= 11 is 0. The minimum atomic E-state index is 0.250. The summed E-state index contributed by atoms with van der Waals surface area (Å²) in [4.78, 5) is 13.8. The van der Waals surface area contributed by atoms with Crippen molar-refractivity contribution in [2.45, 2.75) is 56.3 Å². The number of carbonyl (C=O) groups is 1.